The average Bonchev–Trinajstić information content (AvgIpc) is 3.30. The van der Waals surface area contributed by atoms with E-state index in [0.717, 1.165) is 40.3 Å². The largest absolute Gasteiger partial charge is 0.496 e. The second kappa shape index (κ2) is 12.5. The van der Waals surface area contributed by atoms with Gasteiger partial charge in [0.2, 0.25) is 0 Å². The van der Waals surface area contributed by atoms with Crippen molar-refractivity contribution in [3.8, 4) is 28.0 Å². The summed E-state index contributed by atoms with van der Waals surface area (Å²) in [7, 11) is 1.42. The van der Waals surface area contributed by atoms with Crippen molar-refractivity contribution >= 4 is 11.9 Å². The number of Topliss-reactive ketones (excluding diaryl/α,β-unsaturated/α-hetero) is 1. The Labute approximate surface area is 261 Å². The Morgan fingerprint density at radius 1 is 0.913 bits per heavy atom. The molecular formula is C35H29F6NO4. The first-order chi connectivity index (χ1) is 21.7. The van der Waals surface area contributed by atoms with Crippen LogP contribution in [0, 0.1) is 24.4 Å². The number of methoxy groups -OCH3 is 1. The van der Waals surface area contributed by atoms with Crippen LogP contribution in [0.15, 0.2) is 66.7 Å². The Morgan fingerprint density at radius 3 is 2.20 bits per heavy atom. The van der Waals surface area contributed by atoms with Crippen molar-refractivity contribution in [2.24, 2.45) is 0 Å². The minimum Gasteiger partial charge on any atom is -0.496 e. The normalized spacial score (nSPS) is 16.5. The number of alkyl halides is 3. The maximum absolute atomic E-state index is 14.0. The molecule has 46 heavy (non-hydrogen) atoms. The summed E-state index contributed by atoms with van der Waals surface area (Å²) in [5.74, 6) is -4.27. The SMILES string of the molecule is CCC(=O)c1ccc(-c2ccc(OC)c(-c3ccc(C(F)(F)F)cc3CN3C(=O)O[C@H](c4cc(F)c(F)c(F)c4)[C@@H]3C)c2)c(C)c1. The molecule has 1 saturated heterocycles. The molecule has 0 saturated carbocycles. The van der Waals surface area contributed by atoms with Crippen molar-refractivity contribution < 1.29 is 45.4 Å². The van der Waals surface area contributed by atoms with Gasteiger partial charge < -0.3 is 9.47 Å². The zero-order chi connectivity index (χ0) is 33.5. The molecule has 0 radical (unpaired) electrons. The third-order valence-corrected chi connectivity index (χ3v) is 8.17. The quantitative estimate of drug-likeness (QED) is 0.109. The van der Waals surface area contributed by atoms with E-state index in [1.807, 2.05) is 6.92 Å². The lowest BCUT2D eigenvalue weighted by Crippen LogP contribution is -2.31. The fraction of sp³-hybridized carbons (Fsp3) is 0.257. The fourth-order valence-electron chi connectivity index (χ4n) is 5.70. The van der Waals surface area contributed by atoms with Crippen molar-refractivity contribution in [2.75, 3.05) is 7.11 Å². The number of rotatable bonds is 8. The minimum atomic E-state index is -4.70. The Kier molecular flexibility index (Phi) is 8.88. The molecule has 4 aromatic rings. The van der Waals surface area contributed by atoms with Crippen molar-refractivity contribution in [1.82, 2.24) is 4.90 Å². The van der Waals surface area contributed by atoms with Gasteiger partial charge in [-0.05, 0) is 84.1 Å². The van der Waals surface area contributed by atoms with Gasteiger partial charge in [-0.15, -0.1) is 0 Å². The number of amides is 1. The molecule has 5 nitrogen and oxygen atoms in total. The zero-order valence-electron chi connectivity index (χ0n) is 25.3. The van der Waals surface area contributed by atoms with E-state index in [1.165, 1.54) is 20.1 Å². The molecule has 0 unspecified atom stereocenters. The van der Waals surface area contributed by atoms with Crippen molar-refractivity contribution in [2.45, 2.75) is 52.1 Å². The molecule has 1 fully saturated rings. The first-order valence-corrected chi connectivity index (χ1v) is 14.4. The van der Waals surface area contributed by atoms with Crippen LogP contribution in [-0.4, -0.2) is 29.9 Å². The number of carbonyl (C=O) groups is 2. The Bertz CT molecular complexity index is 1810. The molecule has 0 N–H and O–H groups in total. The van der Waals surface area contributed by atoms with Gasteiger partial charge in [-0.2, -0.15) is 13.2 Å². The van der Waals surface area contributed by atoms with E-state index in [0.29, 0.717) is 34.4 Å². The molecule has 4 aromatic carbocycles. The molecule has 0 spiro atoms. The second-order valence-corrected chi connectivity index (χ2v) is 11.1. The second-order valence-electron chi connectivity index (χ2n) is 11.1. The van der Waals surface area contributed by atoms with Crippen LogP contribution in [-0.2, 0) is 17.5 Å². The average molecular weight is 642 g/mol. The van der Waals surface area contributed by atoms with Crippen LogP contribution in [0.4, 0.5) is 31.1 Å². The van der Waals surface area contributed by atoms with E-state index in [4.69, 9.17) is 9.47 Å². The van der Waals surface area contributed by atoms with Crippen LogP contribution in [0.2, 0.25) is 0 Å². The standard InChI is InChI=1S/C35H29F6NO4/c1-5-30(43)21-6-9-25(18(2)12-21)20-7-11-31(45-4)27(14-20)26-10-8-24(35(39,40)41)13-23(26)17-42-19(3)33(46-34(42)44)22-15-28(36)32(38)29(37)16-22/h6-16,19,33H,5,17H2,1-4H3/t19-,33-/m0/s1. The van der Waals surface area contributed by atoms with Gasteiger partial charge >= 0.3 is 12.3 Å². The number of hydrogen-bond acceptors (Lipinski definition) is 4. The lowest BCUT2D eigenvalue weighted by Gasteiger charge is -2.24. The number of benzene rings is 4. The maximum Gasteiger partial charge on any atom is 0.416 e. The summed E-state index contributed by atoms with van der Waals surface area (Å²) in [6.45, 7) is 4.78. The molecule has 5 rings (SSSR count). The van der Waals surface area contributed by atoms with Gasteiger partial charge in [-0.25, -0.2) is 18.0 Å². The van der Waals surface area contributed by atoms with E-state index < -0.39 is 47.4 Å². The first kappa shape index (κ1) is 32.6. The highest BCUT2D eigenvalue weighted by molar-refractivity contribution is 5.96. The molecule has 2 atom stereocenters. The summed E-state index contributed by atoms with van der Waals surface area (Å²) in [5, 5.41) is 0. The smallest absolute Gasteiger partial charge is 0.416 e. The molecule has 1 aliphatic rings. The summed E-state index contributed by atoms with van der Waals surface area (Å²) in [5.41, 5.74) is 2.68. The van der Waals surface area contributed by atoms with Gasteiger partial charge in [-0.3, -0.25) is 9.69 Å². The first-order valence-electron chi connectivity index (χ1n) is 14.4. The van der Waals surface area contributed by atoms with E-state index in [1.54, 1.807) is 43.3 Å². The number of ether oxygens (including phenoxy) is 2. The predicted molar refractivity (Wildman–Crippen MR) is 159 cm³/mol. The molecule has 1 amide bonds. The van der Waals surface area contributed by atoms with E-state index in [2.05, 4.69) is 0 Å². The van der Waals surface area contributed by atoms with Crippen molar-refractivity contribution in [3.63, 3.8) is 0 Å². The minimum absolute atomic E-state index is 0.00827. The van der Waals surface area contributed by atoms with Crippen LogP contribution in [0.5, 0.6) is 5.75 Å². The summed E-state index contributed by atoms with van der Waals surface area (Å²) in [4.78, 5) is 26.4. The van der Waals surface area contributed by atoms with Crippen molar-refractivity contribution in [3.05, 3.63) is 112 Å². The molecule has 1 aliphatic heterocycles. The lowest BCUT2D eigenvalue weighted by atomic mass is 9.91. The topological polar surface area (TPSA) is 55.8 Å². The monoisotopic (exact) mass is 641 g/mol. The maximum atomic E-state index is 14.0. The Hall–Kier alpha value is -4.80. The third-order valence-electron chi connectivity index (χ3n) is 8.17. The van der Waals surface area contributed by atoms with E-state index >= 15 is 0 Å². The van der Waals surface area contributed by atoms with Crippen LogP contribution >= 0.6 is 0 Å². The number of nitrogens with zero attached hydrogens (tertiary/aromatic N) is 1. The van der Waals surface area contributed by atoms with Gasteiger partial charge in [0.1, 0.15) is 11.9 Å². The number of hydrogen-bond donors (Lipinski definition) is 0. The summed E-state index contributed by atoms with van der Waals surface area (Å²) in [6.07, 6.45) is -6.49. The van der Waals surface area contributed by atoms with E-state index in [9.17, 15) is 35.9 Å². The lowest BCUT2D eigenvalue weighted by molar-refractivity contribution is -0.137. The van der Waals surface area contributed by atoms with Gasteiger partial charge in [-0.1, -0.05) is 31.2 Å². The number of cyclic esters (lactones) is 1. The highest BCUT2D eigenvalue weighted by Crippen LogP contribution is 2.42. The Morgan fingerprint density at radius 2 is 1.59 bits per heavy atom. The summed E-state index contributed by atoms with van der Waals surface area (Å²) < 4.78 is 94.2. The molecule has 0 aliphatic carbocycles. The van der Waals surface area contributed by atoms with Crippen LogP contribution in [0.25, 0.3) is 22.3 Å². The van der Waals surface area contributed by atoms with Gasteiger partial charge in [0.05, 0.1) is 25.3 Å². The van der Waals surface area contributed by atoms with Crippen LogP contribution < -0.4 is 4.74 Å². The third kappa shape index (κ3) is 6.18. The van der Waals surface area contributed by atoms with E-state index in [-0.39, 0.29) is 23.5 Å². The molecule has 240 valence electrons. The molecule has 1 heterocycles. The van der Waals surface area contributed by atoms with Gasteiger partial charge in [0, 0.05) is 23.1 Å². The predicted octanol–water partition coefficient (Wildman–Crippen LogP) is 9.45. The van der Waals surface area contributed by atoms with Gasteiger partial charge in [0.25, 0.3) is 0 Å². The van der Waals surface area contributed by atoms with Crippen LogP contribution in [0.1, 0.15) is 59.0 Å². The fourth-order valence-corrected chi connectivity index (χ4v) is 5.70. The number of carbonyl (C=O) groups excluding carboxylic acids is 2. The highest BCUT2D eigenvalue weighted by Gasteiger charge is 2.41. The summed E-state index contributed by atoms with van der Waals surface area (Å²) >= 11 is 0. The molecule has 0 aromatic heterocycles. The van der Waals surface area contributed by atoms with Crippen molar-refractivity contribution in [1.29, 1.82) is 0 Å². The highest BCUT2D eigenvalue weighted by atomic mass is 19.4. The molecule has 11 heteroatoms. The molecular weight excluding hydrogens is 612 g/mol. The Balaban J connectivity index is 1.58. The number of ketones is 1. The molecule has 0 bridgehead atoms. The van der Waals surface area contributed by atoms with Gasteiger partial charge in [0.15, 0.2) is 23.2 Å². The van der Waals surface area contributed by atoms with Crippen LogP contribution in [0.3, 0.4) is 0 Å². The number of halogens is 6. The zero-order valence-corrected chi connectivity index (χ0v) is 25.3. The summed E-state index contributed by atoms with van der Waals surface area (Å²) in [6, 6.07) is 14.2. The number of aryl methyl sites for hydroxylation is 1.